The largest absolute Gasteiger partial charge is 0.455 e. The fourth-order valence-corrected chi connectivity index (χ4v) is 2.52. The van der Waals surface area contributed by atoms with Gasteiger partial charge in [-0.15, -0.1) is 0 Å². The number of ether oxygens (including phenoxy) is 1. The van der Waals surface area contributed by atoms with Gasteiger partial charge in [-0.05, 0) is 41.1 Å². The van der Waals surface area contributed by atoms with Crippen LogP contribution in [0.2, 0.25) is 10.0 Å². The minimum atomic E-state index is -0.0481. The topological polar surface area (TPSA) is 67.8 Å². The first-order valence-corrected chi connectivity index (χ1v) is 7.38. The monoisotopic (exact) mass is 388 g/mol. The zero-order valence-corrected chi connectivity index (χ0v) is 14.0. The van der Waals surface area contributed by atoms with E-state index < -0.39 is 0 Å². The van der Waals surface area contributed by atoms with Crippen molar-refractivity contribution in [3.05, 3.63) is 56.0 Å². The highest BCUT2D eigenvalue weighted by Gasteiger charge is 2.13. The summed E-state index contributed by atoms with van der Waals surface area (Å²) in [6.45, 7) is 1.89. The summed E-state index contributed by atoms with van der Waals surface area (Å²) in [7, 11) is 0. The highest BCUT2D eigenvalue weighted by atomic mass is 79.9. The summed E-state index contributed by atoms with van der Waals surface area (Å²) in [5.41, 5.74) is 7.08. The second kappa shape index (κ2) is 6.56. The minimum Gasteiger partial charge on any atom is -0.455 e. The van der Waals surface area contributed by atoms with Crippen LogP contribution in [0.3, 0.4) is 0 Å². The molecule has 0 radical (unpaired) electrons. The van der Waals surface area contributed by atoms with Gasteiger partial charge >= 0.3 is 0 Å². The number of aryl methyl sites for hydroxylation is 1. The molecule has 0 fully saturated rings. The van der Waals surface area contributed by atoms with Gasteiger partial charge in [0.05, 0.1) is 15.6 Å². The second-order valence-corrected chi connectivity index (χ2v) is 5.95. The molecule has 0 heterocycles. The van der Waals surface area contributed by atoms with Gasteiger partial charge in [-0.1, -0.05) is 40.0 Å². The van der Waals surface area contributed by atoms with Crippen LogP contribution < -0.4 is 10.5 Å². The SMILES string of the molecule is Cc1ccc(Oc2cc(Cl)c(Br)cc2Cl)c(/C(N)=N/O)c1. The van der Waals surface area contributed by atoms with E-state index in [2.05, 4.69) is 21.1 Å². The number of hydrogen-bond acceptors (Lipinski definition) is 3. The van der Waals surface area contributed by atoms with E-state index >= 15 is 0 Å². The lowest BCUT2D eigenvalue weighted by molar-refractivity contribution is 0.318. The number of halogens is 3. The molecule has 0 saturated carbocycles. The van der Waals surface area contributed by atoms with Crippen LogP contribution in [-0.2, 0) is 0 Å². The molecule has 0 bridgehead atoms. The Morgan fingerprint density at radius 2 is 1.90 bits per heavy atom. The first-order valence-electron chi connectivity index (χ1n) is 5.83. The highest BCUT2D eigenvalue weighted by molar-refractivity contribution is 9.10. The van der Waals surface area contributed by atoms with Crippen LogP contribution in [0.1, 0.15) is 11.1 Å². The molecule has 2 aromatic carbocycles. The van der Waals surface area contributed by atoms with Crippen LogP contribution in [0.25, 0.3) is 0 Å². The average molecular weight is 390 g/mol. The third-order valence-electron chi connectivity index (χ3n) is 2.71. The molecule has 0 aromatic heterocycles. The molecular weight excluding hydrogens is 379 g/mol. The van der Waals surface area contributed by atoms with Gasteiger partial charge in [0.1, 0.15) is 11.5 Å². The van der Waals surface area contributed by atoms with Gasteiger partial charge in [-0.2, -0.15) is 0 Å². The van der Waals surface area contributed by atoms with Crippen molar-refractivity contribution in [2.24, 2.45) is 10.9 Å². The number of rotatable bonds is 3. The van der Waals surface area contributed by atoms with Crippen molar-refractivity contribution in [1.82, 2.24) is 0 Å². The van der Waals surface area contributed by atoms with E-state index in [0.29, 0.717) is 31.6 Å². The number of nitrogens with zero attached hydrogens (tertiary/aromatic N) is 1. The normalized spacial score (nSPS) is 11.5. The first kappa shape index (κ1) is 15.9. The molecule has 2 aromatic rings. The van der Waals surface area contributed by atoms with Crippen molar-refractivity contribution in [2.75, 3.05) is 0 Å². The van der Waals surface area contributed by atoms with Gasteiger partial charge in [0.15, 0.2) is 5.84 Å². The van der Waals surface area contributed by atoms with E-state index in [9.17, 15) is 0 Å². The smallest absolute Gasteiger partial charge is 0.173 e. The number of benzene rings is 2. The van der Waals surface area contributed by atoms with Gasteiger partial charge in [-0.25, -0.2) is 0 Å². The van der Waals surface area contributed by atoms with E-state index in [1.54, 1.807) is 24.3 Å². The molecule has 0 saturated heterocycles. The molecule has 0 aliphatic carbocycles. The first-order chi connectivity index (χ1) is 9.92. The highest BCUT2D eigenvalue weighted by Crippen LogP contribution is 2.37. The molecule has 110 valence electrons. The molecule has 0 atom stereocenters. The number of nitrogens with two attached hydrogens (primary N) is 1. The molecule has 7 heteroatoms. The Kier molecular flexibility index (Phi) is 4.98. The molecule has 3 N–H and O–H groups in total. The zero-order chi connectivity index (χ0) is 15.6. The third kappa shape index (κ3) is 3.61. The van der Waals surface area contributed by atoms with E-state index in [-0.39, 0.29) is 5.84 Å². The predicted octanol–water partition coefficient (Wildman–Crippen LogP) is 4.95. The van der Waals surface area contributed by atoms with Gasteiger partial charge in [0, 0.05) is 10.5 Å². The number of hydrogen-bond donors (Lipinski definition) is 2. The summed E-state index contributed by atoms with van der Waals surface area (Å²) >= 11 is 15.4. The summed E-state index contributed by atoms with van der Waals surface area (Å²) < 4.78 is 6.41. The Hall–Kier alpha value is -1.43. The Bertz CT molecular complexity index is 720. The maximum Gasteiger partial charge on any atom is 0.173 e. The van der Waals surface area contributed by atoms with Gasteiger partial charge in [-0.3, -0.25) is 0 Å². The number of oxime groups is 1. The summed E-state index contributed by atoms with van der Waals surface area (Å²) in [6, 6.07) is 8.53. The van der Waals surface area contributed by atoms with E-state index in [1.807, 2.05) is 13.0 Å². The van der Waals surface area contributed by atoms with Crippen molar-refractivity contribution in [3.63, 3.8) is 0 Å². The van der Waals surface area contributed by atoms with E-state index in [1.165, 1.54) is 0 Å². The predicted molar refractivity (Wildman–Crippen MR) is 87.9 cm³/mol. The summed E-state index contributed by atoms with van der Waals surface area (Å²) in [4.78, 5) is 0. The van der Waals surface area contributed by atoms with Crippen molar-refractivity contribution >= 4 is 45.0 Å². The summed E-state index contributed by atoms with van der Waals surface area (Å²) in [5.74, 6) is 0.741. The summed E-state index contributed by atoms with van der Waals surface area (Å²) in [5, 5.41) is 12.7. The Morgan fingerprint density at radius 3 is 2.57 bits per heavy atom. The van der Waals surface area contributed by atoms with E-state index in [0.717, 1.165) is 5.56 Å². The van der Waals surface area contributed by atoms with Crippen LogP contribution in [-0.4, -0.2) is 11.0 Å². The molecule has 2 rings (SSSR count). The Morgan fingerprint density at radius 1 is 1.19 bits per heavy atom. The van der Waals surface area contributed by atoms with Crippen molar-refractivity contribution in [2.45, 2.75) is 6.92 Å². The van der Waals surface area contributed by atoms with Gasteiger partial charge in [0.2, 0.25) is 0 Å². The lowest BCUT2D eigenvalue weighted by Gasteiger charge is -2.13. The zero-order valence-electron chi connectivity index (χ0n) is 10.9. The Balaban J connectivity index is 2.47. The van der Waals surface area contributed by atoms with Crippen LogP contribution in [0.4, 0.5) is 0 Å². The quantitative estimate of drug-likeness (QED) is 0.256. The average Bonchev–Trinajstić information content (AvgIpc) is 2.45. The Labute approximate surface area is 140 Å². The van der Waals surface area contributed by atoms with Crippen molar-refractivity contribution in [3.8, 4) is 11.5 Å². The van der Waals surface area contributed by atoms with Gasteiger partial charge in [0.25, 0.3) is 0 Å². The van der Waals surface area contributed by atoms with Gasteiger partial charge < -0.3 is 15.7 Å². The standard InChI is InChI=1S/C14H11BrCl2N2O2/c1-7-2-3-12(8(4-7)14(18)19-20)21-13-6-10(16)9(15)5-11(13)17/h2-6,20H,1H3,(H2,18,19). The van der Waals surface area contributed by atoms with Crippen LogP contribution in [0.15, 0.2) is 40.0 Å². The molecule has 21 heavy (non-hydrogen) atoms. The van der Waals surface area contributed by atoms with Crippen molar-refractivity contribution < 1.29 is 9.94 Å². The van der Waals surface area contributed by atoms with Crippen LogP contribution >= 0.6 is 39.1 Å². The maximum absolute atomic E-state index is 8.86. The molecule has 4 nitrogen and oxygen atoms in total. The molecule has 0 spiro atoms. The van der Waals surface area contributed by atoms with Crippen LogP contribution in [0, 0.1) is 6.92 Å². The third-order valence-corrected chi connectivity index (χ3v) is 4.21. The number of amidine groups is 1. The van der Waals surface area contributed by atoms with Crippen LogP contribution in [0.5, 0.6) is 11.5 Å². The molecule has 0 aliphatic heterocycles. The maximum atomic E-state index is 8.86. The molecule has 0 unspecified atom stereocenters. The molecule has 0 aliphatic rings. The lowest BCUT2D eigenvalue weighted by Crippen LogP contribution is -2.14. The van der Waals surface area contributed by atoms with Crippen molar-refractivity contribution in [1.29, 1.82) is 0 Å². The lowest BCUT2D eigenvalue weighted by atomic mass is 10.1. The molecular formula is C14H11BrCl2N2O2. The minimum absolute atomic E-state index is 0.0481. The van der Waals surface area contributed by atoms with E-state index in [4.69, 9.17) is 38.9 Å². The summed E-state index contributed by atoms with van der Waals surface area (Å²) in [6.07, 6.45) is 0. The fourth-order valence-electron chi connectivity index (χ4n) is 1.69. The second-order valence-electron chi connectivity index (χ2n) is 4.28. The molecule has 0 amide bonds. The fraction of sp³-hybridized carbons (Fsp3) is 0.0714.